The number of rotatable bonds is 1. The molecule has 0 amide bonds. The summed E-state index contributed by atoms with van der Waals surface area (Å²) in [5.74, 6) is -1.87. The van der Waals surface area contributed by atoms with Crippen molar-refractivity contribution in [1.29, 1.82) is 0 Å². The fourth-order valence-electron chi connectivity index (χ4n) is 0.368. The first-order valence-corrected chi connectivity index (χ1v) is 2.90. The van der Waals surface area contributed by atoms with Crippen LogP contribution in [0.4, 0.5) is 0 Å². The second-order valence-electron chi connectivity index (χ2n) is 1.34. The van der Waals surface area contributed by atoms with E-state index in [0.717, 1.165) is 11.5 Å². The van der Waals surface area contributed by atoms with Gasteiger partial charge in [0, 0.05) is 5.38 Å². The molecule has 0 aliphatic carbocycles. The van der Waals surface area contributed by atoms with Crippen molar-refractivity contribution < 1.29 is 15.0 Å². The SMILES string of the molecule is [O]c1nscc1C(=O)O. The van der Waals surface area contributed by atoms with Crippen molar-refractivity contribution in [3.05, 3.63) is 10.9 Å². The molecule has 0 unspecified atom stereocenters. The second kappa shape index (κ2) is 2.02. The second-order valence-corrected chi connectivity index (χ2v) is 1.97. The van der Waals surface area contributed by atoms with Gasteiger partial charge in [-0.05, 0) is 11.5 Å². The highest BCUT2D eigenvalue weighted by Crippen LogP contribution is 2.16. The van der Waals surface area contributed by atoms with Crippen LogP contribution in [0, 0.1) is 0 Å². The Labute approximate surface area is 54.5 Å². The van der Waals surface area contributed by atoms with E-state index in [1.807, 2.05) is 0 Å². The number of aromatic nitrogens is 1. The van der Waals surface area contributed by atoms with Gasteiger partial charge in [-0.2, -0.15) is 4.37 Å². The maximum Gasteiger partial charge on any atom is 0.342 e. The van der Waals surface area contributed by atoms with Crippen molar-refractivity contribution in [1.82, 2.24) is 4.37 Å². The first-order valence-electron chi connectivity index (χ1n) is 2.06. The molecule has 1 aromatic rings. The van der Waals surface area contributed by atoms with Crippen molar-refractivity contribution >= 4 is 17.5 Å². The molecule has 5 heteroatoms. The average Bonchev–Trinajstić information content (AvgIpc) is 2.13. The third-order valence-electron chi connectivity index (χ3n) is 0.767. The number of aromatic carboxylic acids is 1. The van der Waals surface area contributed by atoms with E-state index in [4.69, 9.17) is 5.11 Å². The summed E-state index contributed by atoms with van der Waals surface area (Å²) in [5.41, 5.74) is -0.250. The summed E-state index contributed by atoms with van der Waals surface area (Å²) >= 11 is 0.851. The van der Waals surface area contributed by atoms with Crippen LogP contribution in [0.2, 0.25) is 0 Å². The van der Waals surface area contributed by atoms with E-state index in [0.29, 0.717) is 0 Å². The molecule has 0 aliphatic heterocycles. The van der Waals surface area contributed by atoms with Gasteiger partial charge in [-0.25, -0.2) is 4.79 Å². The van der Waals surface area contributed by atoms with Gasteiger partial charge in [0.25, 0.3) is 5.88 Å². The molecule has 1 radical (unpaired) electrons. The van der Waals surface area contributed by atoms with Crippen LogP contribution in [-0.4, -0.2) is 15.4 Å². The number of hydrogen-bond donors (Lipinski definition) is 1. The van der Waals surface area contributed by atoms with Gasteiger partial charge in [-0.1, -0.05) is 0 Å². The zero-order valence-corrected chi connectivity index (χ0v) is 5.01. The zero-order valence-electron chi connectivity index (χ0n) is 4.20. The predicted molar refractivity (Wildman–Crippen MR) is 29.2 cm³/mol. The number of carboxylic acid groups (broad SMARTS) is 1. The first-order chi connectivity index (χ1) is 4.22. The molecule has 1 aromatic heterocycles. The Morgan fingerprint density at radius 1 is 1.78 bits per heavy atom. The first kappa shape index (κ1) is 6.03. The van der Waals surface area contributed by atoms with Gasteiger partial charge in [-0.15, -0.1) is 0 Å². The normalized spacial score (nSPS) is 9.33. The highest BCUT2D eigenvalue weighted by Gasteiger charge is 2.12. The van der Waals surface area contributed by atoms with Crippen LogP contribution in [0.25, 0.3) is 0 Å². The molecule has 0 saturated heterocycles. The zero-order chi connectivity index (χ0) is 6.85. The van der Waals surface area contributed by atoms with E-state index < -0.39 is 11.8 Å². The summed E-state index contributed by atoms with van der Waals surface area (Å²) in [6.45, 7) is 0. The Bertz CT molecular complexity index is 231. The Balaban J connectivity index is 3.08. The molecular formula is C4H2NO3S. The maximum absolute atomic E-state index is 10.4. The molecule has 1 N–H and O–H groups in total. The summed E-state index contributed by atoms with van der Waals surface area (Å²) in [5, 5.41) is 19.8. The van der Waals surface area contributed by atoms with Crippen molar-refractivity contribution in [3.63, 3.8) is 0 Å². The lowest BCUT2D eigenvalue weighted by molar-refractivity contribution is 0.0692. The van der Waals surface area contributed by atoms with E-state index >= 15 is 0 Å². The van der Waals surface area contributed by atoms with Crippen LogP contribution in [0.5, 0.6) is 5.88 Å². The lowest BCUT2D eigenvalue weighted by atomic mass is 10.4. The largest absolute Gasteiger partial charge is 0.477 e. The Kier molecular flexibility index (Phi) is 1.35. The smallest absolute Gasteiger partial charge is 0.342 e. The minimum atomic E-state index is -1.21. The van der Waals surface area contributed by atoms with Gasteiger partial charge >= 0.3 is 5.97 Å². The lowest BCUT2D eigenvalue weighted by Crippen LogP contribution is -1.92. The molecule has 0 aromatic carbocycles. The molecular weight excluding hydrogens is 142 g/mol. The number of nitrogens with zero attached hydrogens (tertiary/aromatic N) is 1. The molecule has 0 saturated carbocycles. The quantitative estimate of drug-likeness (QED) is 0.638. The van der Waals surface area contributed by atoms with Crippen molar-refractivity contribution in [2.75, 3.05) is 0 Å². The molecule has 0 fully saturated rings. The van der Waals surface area contributed by atoms with Crippen LogP contribution in [-0.2, 0) is 5.11 Å². The minimum Gasteiger partial charge on any atom is -0.477 e. The summed E-state index contributed by atoms with van der Waals surface area (Å²) in [6.07, 6.45) is 0. The molecule has 1 rings (SSSR count). The van der Waals surface area contributed by atoms with Gasteiger partial charge < -0.3 is 5.11 Å². The van der Waals surface area contributed by atoms with E-state index in [-0.39, 0.29) is 5.56 Å². The Hall–Kier alpha value is -1.10. The number of carboxylic acids is 1. The van der Waals surface area contributed by atoms with Crippen LogP contribution in [0.3, 0.4) is 0 Å². The maximum atomic E-state index is 10.4. The topological polar surface area (TPSA) is 70.1 Å². The van der Waals surface area contributed by atoms with E-state index in [1.165, 1.54) is 5.38 Å². The third kappa shape index (κ3) is 0.996. The average molecular weight is 144 g/mol. The number of hydrogen-bond acceptors (Lipinski definition) is 3. The number of carbonyl (C=O) groups is 1. The third-order valence-corrected chi connectivity index (χ3v) is 1.38. The molecule has 4 nitrogen and oxygen atoms in total. The minimum absolute atomic E-state index is 0.250. The van der Waals surface area contributed by atoms with Gasteiger partial charge in [0.15, 0.2) is 0 Å². The fraction of sp³-hybridized carbons (Fsp3) is 0. The standard InChI is InChI=1S/C4H2NO3S/c6-3-2(4(7)8)1-9-5-3/h1H,(H,7,8). The van der Waals surface area contributed by atoms with Crippen LogP contribution in [0.15, 0.2) is 5.38 Å². The lowest BCUT2D eigenvalue weighted by Gasteiger charge is -1.80. The summed E-state index contributed by atoms with van der Waals surface area (Å²) < 4.78 is 3.24. The molecule has 9 heavy (non-hydrogen) atoms. The monoisotopic (exact) mass is 144 g/mol. The van der Waals surface area contributed by atoms with E-state index in [1.54, 1.807) is 0 Å². The van der Waals surface area contributed by atoms with E-state index in [9.17, 15) is 9.90 Å². The molecule has 1 heterocycles. The molecule has 0 atom stereocenters. The Morgan fingerprint density at radius 2 is 2.44 bits per heavy atom. The molecule has 47 valence electrons. The Morgan fingerprint density at radius 3 is 2.67 bits per heavy atom. The van der Waals surface area contributed by atoms with Crippen molar-refractivity contribution in [2.45, 2.75) is 0 Å². The van der Waals surface area contributed by atoms with Gasteiger partial charge in [-0.3, -0.25) is 5.11 Å². The highest BCUT2D eigenvalue weighted by atomic mass is 32.1. The van der Waals surface area contributed by atoms with Crippen LogP contribution in [0.1, 0.15) is 10.4 Å². The summed E-state index contributed by atoms with van der Waals surface area (Å²) in [6, 6.07) is 0. The van der Waals surface area contributed by atoms with Crippen LogP contribution < -0.4 is 0 Å². The molecule has 0 bridgehead atoms. The van der Waals surface area contributed by atoms with Crippen LogP contribution >= 0.6 is 11.5 Å². The van der Waals surface area contributed by atoms with Gasteiger partial charge in [0.2, 0.25) is 0 Å². The summed E-state index contributed by atoms with van der Waals surface area (Å²) in [7, 11) is 0. The van der Waals surface area contributed by atoms with Gasteiger partial charge in [0.05, 0.1) is 0 Å². The molecule has 0 spiro atoms. The summed E-state index contributed by atoms with van der Waals surface area (Å²) in [4.78, 5) is 10.0. The predicted octanol–water partition coefficient (Wildman–Crippen LogP) is 0.985. The highest BCUT2D eigenvalue weighted by molar-refractivity contribution is 7.04. The van der Waals surface area contributed by atoms with E-state index in [2.05, 4.69) is 4.37 Å². The fourth-order valence-corrected chi connectivity index (χ4v) is 0.922. The van der Waals surface area contributed by atoms with Gasteiger partial charge in [0.1, 0.15) is 5.56 Å². The van der Waals surface area contributed by atoms with Crippen molar-refractivity contribution in [3.8, 4) is 5.88 Å². The molecule has 0 aliphatic rings. The van der Waals surface area contributed by atoms with Crippen molar-refractivity contribution in [2.24, 2.45) is 0 Å².